The summed E-state index contributed by atoms with van der Waals surface area (Å²) < 4.78 is 0. The van der Waals surface area contributed by atoms with Crippen LogP contribution in [0.4, 0.5) is 0 Å². The first-order chi connectivity index (χ1) is 9.93. The van der Waals surface area contributed by atoms with E-state index < -0.39 is 0 Å². The fourth-order valence-electron chi connectivity index (χ4n) is 3.48. The molecule has 1 aliphatic rings. The molecule has 0 spiro atoms. The average Bonchev–Trinajstić information content (AvgIpc) is 2.65. The maximum atomic E-state index is 6.30. The Morgan fingerprint density at radius 1 is 1.14 bits per heavy atom. The standard InChI is InChI=1S/C17H38N4/c1-6-20-10-7-8-17(15-18,9-11-20)21(14-16(2)3)13-12-19(4)5/h16H,6-15,18H2,1-5H3. The average molecular weight is 299 g/mol. The van der Waals surface area contributed by atoms with E-state index in [9.17, 15) is 0 Å². The third-order valence-electron chi connectivity index (χ3n) is 4.91. The third-order valence-corrected chi connectivity index (χ3v) is 4.91. The summed E-state index contributed by atoms with van der Waals surface area (Å²) in [6, 6.07) is 0. The number of rotatable bonds is 8. The Kier molecular flexibility index (Phi) is 8.17. The van der Waals surface area contributed by atoms with Gasteiger partial charge in [0.25, 0.3) is 0 Å². The maximum Gasteiger partial charge on any atom is 0.0345 e. The molecule has 1 saturated heterocycles. The Labute approximate surface area is 132 Å². The van der Waals surface area contributed by atoms with Gasteiger partial charge in [0.15, 0.2) is 0 Å². The van der Waals surface area contributed by atoms with Crippen LogP contribution >= 0.6 is 0 Å². The first kappa shape index (κ1) is 18.9. The topological polar surface area (TPSA) is 35.7 Å². The fraction of sp³-hybridized carbons (Fsp3) is 1.00. The highest BCUT2D eigenvalue weighted by Crippen LogP contribution is 2.29. The summed E-state index contributed by atoms with van der Waals surface area (Å²) >= 11 is 0. The zero-order valence-corrected chi connectivity index (χ0v) is 15.1. The van der Waals surface area contributed by atoms with E-state index in [0.29, 0.717) is 5.92 Å². The van der Waals surface area contributed by atoms with Crippen LogP contribution < -0.4 is 5.73 Å². The van der Waals surface area contributed by atoms with Crippen LogP contribution in [0.2, 0.25) is 0 Å². The monoisotopic (exact) mass is 298 g/mol. The van der Waals surface area contributed by atoms with Gasteiger partial charge in [0.1, 0.15) is 0 Å². The van der Waals surface area contributed by atoms with Crippen molar-refractivity contribution in [1.29, 1.82) is 0 Å². The summed E-state index contributed by atoms with van der Waals surface area (Å²) in [7, 11) is 4.32. The molecule has 0 bridgehead atoms. The van der Waals surface area contributed by atoms with Crippen molar-refractivity contribution in [3.8, 4) is 0 Å². The molecule has 4 nitrogen and oxygen atoms in total. The third kappa shape index (κ3) is 5.85. The first-order valence-electron chi connectivity index (χ1n) is 8.75. The van der Waals surface area contributed by atoms with E-state index in [0.717, 1.165) is 26.2 Å². The SMILES string of the molecule is CCN1CCCC(CN)(N(CCN(C)C)CC(C)C)CC1. The van der Waals surface area contributed by atoms with Gasteiger partial charge < -0.3 is 15.5 Å². The van der Waals surface area contributed by atoms with Crippen molar-refractivity contribution in [2.24, 2.45) is 11.7 Å². The molecule has 1 fully saturated rings. The lowest BCUT2D eigenvalue weighted by Gasteiger charge is -2.44. The Balaban J connectivity index is 2.81. The lowest BCUT2D eigenvalue weighted by atomic mass is 9.87. The van der Waals surface area contributed by atoms with Crippen LogP contribution in [0.5, 0.6) is 0 Å². The Morgan fingerprint density at radius 2 is 1.86 bits per heavy atom. The van der Waals surface area contributed by atoms with E-state index in [-0.39, 0.29) is 5.54 Å². The number of likely N-dealkylation sites (N-methyl/N-ethyl adjacent to an activating group) is 1. The van der Waals surface area contributed by atoms with Crippen LogP contribution in [0.15, 0.2) is 0 Å². The predicted octanol–water partition coefficient (Wildman–Crippen LogP) is 1.71. The molecule has 126 valence electrons. The van der Waals surface area contributed by atoms with Gasteiger partial charge in [0.05, 0.1) is 0 Å². The van der Waals surface area contributed by atoms with Crippen molar-refractivity contribution >= 4 is 0 Å². The van der Waals surface area contributed by atoms with Gasteiger partial charge in [0.2, 0.25) is 0 Å². The zero-order chi connectivity index (χ0) is 15.9. The largest absolute Gasteiger partial charge is 0.329 e. The molecule has 1 rings (SSSR count). The van der Waals surface area contributed by atoms with Gasteiger partial charge >= 0.3 is 0 Å². The van der Waals surface area contributed by atoms with Gasteiger partial charge in [-0.1, -0.05) is 20.8 Å². The number of hydrogen-bond donors (Lipinski definition) is 1. The van der Waals surface area contributed by atoms with Gasteiger partial charge in [-0.2, -0.15) is 0 Å². The fourth-order valence-corrected chi connectivity index (χ4v) is 3.48. The number of likely N-dealkylation sites (tertiary alicyclic amines) is 1. The summed E-state index contributed by atoms with van der Waals surface area (Å²) in [5, 5.41) is 0. The minimum atomic E-state index is 0.212. The normalized spacial score (nSPS) is 25.0. The van der Waals surface area contributed by atoms with Crippen molar-refractivity contribution in [2.45, 2.75) is 45.6 Å². The Hall–Kier alpha value is -0.160. The predicted molar refractivity (Wildman–Crippen MR) is 92.7 cm³/mol. The molecule has 0 aromatic carbocycles. The Bertz CT molecular complexity index is 280. The Morgan fingerprint density at radius 3 is 2.38 bits per heavy atom. The highest BCUT2D eigenvalue weighted by atomic mass is 15.2. The van der Waals surface area contributed by atoms with E-state index in [2.05, 4.69) is 49.6 Å². The quantitative estimate of drug-likeness (QED) is 0.740. The highest BCUT2D eigenvalue weighted by molar-refractivity contribution is 4.95. The summed E-state index contributed by atoms with van der Waals surface area (Å²) in [4.78, 5) is 7.57. The van der Waals surface area contributed by atoms with Crippen LogP contribution in [0, 0.1) is 5.92 Å². The number of hydrogen-bond acceptors (Lipinski definition) is 4. The van der Waals surface area contributed by atoms with Crippen LogP contribution in [-0.2, 0) is 0 Å². The smallest absolute Gasteiger partial charge is 0.0345 e. The summed E-state index contributed by atoms with van der Waals surface area (Å²) in [6.45, 7) is 14.7. The van der Waals surface area contributed by atoms with Crippen molar-refractivity contribution < 1.29 is 0 Å². The molecule has 1 unspecified atom stereocenters. The van der Waals surface area contributed by atoms with Crippen LogP contribution in [0.25, 0.3) is 0 Å². The highest BCUT2D eigenvalue weighted by Gasteiger charge is 2.36. The molecule has 1 atom stereocenters. The van der Waals surface area contributed by atoms with E-state index in [1.807, 2.05) is 0 Å². The minimum absolute atomic E-state index is 0.212. The van der Waals surface area contributed by atoms with Gasteiger partial charge in [-0.05, 0) is 58.9 Å². The molecule has 1 aliphatic heterocycles. The molecule has 2 N–H and O–H groups in total. The summed E-state index contributed by atoms with van der Waals surface area (Å²) in [5.74, 6) is 0.695. The second kappa shape index (κ2) is 9.09. The molecule has 0 amide bonds. The van der Waals surface area contributed by atoms with Crippen LogP contribution in [0.3, 0.4) is 0 Å². The second-order valence-electron chi connectivity index (χ2n) is 7.36. The summed E-state index contributed by atoms with van der Waals surface area (Å²) in [6.07, 6.45) is 3.75. The molecular weight excluding hydrogens is 260 g/mol. The van der Waals surface area contributed by atoms with E-state index in [1.54, 1.807) is 0 Å². The molecule has 4 heteroatoms. The van der Waals surface area contributed by atoms with Crippen LogP contribution in [0.1, 0.15) is 40.0 Å². The van der Waals surface area contributed by atoms with Crippen molar-refractivity contribution in [1.82, 2.24) is 14.7 Å². The molecule has 0 aromatic rings. The van der Waals surface area contributed by atoms with Crippen molar-refractivity contribution in [3.05, 3.63) is 0 Å². The number of nitrogens with two attached hydrogens (primary N) is 1. The van der Waals surface area contributed by atoms with Gasteiger partial charge in [0, 0.05) is 31.7 Å². The van der Waals surface area contributed by atoms with Gasteiger partial charge in [-0.3, -0.25) is 4.90 Å². The van der Waals surface area contributed by atoms with Gasteiger partial charge in [-0.15, -0.1) is 0 Å². The molecule has 1 heterocycles. The maximum absolute atomic E-state index is 6.30. The second-order valence-corrected chi connectivity index (χ2v) is 7.36. The van der Waals surface area contributed by atoms with E-state index >= 15 is 0 Å². The van der Waals surface area contributed by atoms with E-state index in [4.69, 9.17) is 5.73 Å². The van der Waals surface area contributed by atoms with Gasteiger partial charge in [-0.25, -0.2) is 0 Å². The lowest BCUT2D eigenvalue weighted by Crippen LogP contribution is -2.56. The molecule has 0 aromatic heterocycles. The first-order valence-corrected chi connectivity index (χ1v) is 8.75. The molecule has 0 radical (unpaired) electrons. The molecular formula is C17H38N4. The van der Waals surface area contributed by atoms with Crippen molar-refractivity contribution in [2.75, 3.05) is 59.9 Å². The molecule has 21 heavy (non-hydrogen) atoms. The van der Waals surface area contributed by atoms with Crippen LogP contribution in [-0.4, -0.2) is 80.1 Å². The molecule has 0 saturated carbocycles. The minimum Gasteiger partial charge on any atom is -0.329 e. The van der Waals surface area contributed by atoms with E-state index in [1.165, 1.54) is 38.9 Å². The zero-order valence-electron chi connectivity index (χ0n) is 15.1. The summed E-state index contributed by atoms with van der Waals surface area (Å²) in [5.41, 5.74) is 6.52. The molecule has 0 aliphatic carbocycles. The van der Waals surface area contributed by atoms with Crippen molar-refractivity contribution in [3.63, 3.8) is 0 Å². The lowest BCUT2D eigenvalue weighted by molar-refractivity contribution is 0.0596. The number of nitrogens with zero attached hydrogens (tertiary/aromatic N) is 3.